The Hall–Kier alpha value is -2.12. The normalized spacial score (nSPS) is 17.0. The topological polar surface area (TPSA) is 63.5 Å². The largest absolute Gasteiger partial charge is 0.497 e. The van der Waals surface area contributed by atoms with Crippen molar-refractivity contribution in [3.05, 3.63) is 64.7 Å². The molecule has 3 rings (SSSR count). The van der Waals surface area contributed by atoms with Crippen molar-refractivity contribution in [3.8, 4) is 5.75 Å². The van der Waals surface area contributed by atoms with Gasteiger partial charge in [-0.05, 0) is 49.2 Å². The number of aliphatic hydroxyl groups is 1. The predicted molar refractivity (Wildman–Crippen MR) is 123 cm³/mol. The van der Waals surface area contributed by atoms with E-state index in [1.165, 1.54) is 0 Å². The third-order valence-corrected chi connectivity index (χ3v) is 5.26. The number of methoxy groups -OCH3 is 1. The van der Waals surface area contributed by atoms with Gasteiger partial charge >= 0.3 is 0 Å². The molecule has 0 unspecified atom stereocenters. The first-order chi connectivity index (χ1) is 14.9. The van der Waals surface area contributed by atoms with Crippen LogP contribution in [0.5, 0.6) is 5.75 Å². The zero-order valence-electron chi connectivity index (χ0n) is 18.3. The van der Waals surface area contributed by atoms with Crippen LogP contribution in [0, 0.1) is 0 Å². The maximum absolute atomic E-state index is 10.5. The first-order valence-electron chi connectivity index (χ1n) is 10.6. The molecule has 0 saturated carbocycles. The lowest BCUT2D eigenvalue weighted by Gasteiger charge is -2.27. The second-order valence-electron chi connectivity index (χ2n) is 8.06. The van der Waals surface area contributed by atoms with Gasteiger partial charge in [-0.3, -0.25) is 4.90 Å². The van der Waals surface area contributed by atoms with Crippen LogP contribution < -0.4 is 4.74 Å². The smallest absolute Gasteiger partial charge is 0.145 e. The fraction of sp³-hybridized carbons (Fsp3) is 0.458. The Morgan fingerprint density at radius 3 is 2.71 bits per heavy atom. The van der Waals surface area contributed by atoms with Crippen molar-refractivity contribution in [2.75, 3.05) is 26.8 Å². The van der Waals surface area contributed by atoms with Crippen LogP contribution in [-0.2, 0) is 16.1 Å². The average Bonchev–Trinajstić information content (AvgIpc) is 3.21. The number of benzene rings is 2. The lowest BCUT2D eigenvalue weighted by molar-refractivity contribution is -0.0194. The van der Waals surface area contributed by atoms with Crippen molar-refractivity contribution in [3.63, 3.8) is 0 Å². The molecule has 168 valence electrons. The van der Waals surface area contributed by atoms with E-state index < -0.39 is 6.10 Å². The molecule has 6 nitrogen and oxygen atoms in total. The maximum atomic E-state index is 10.5. The van der Waals surface area contributed by atoms with E-state index in [4.69, 9.17) is 25.9 Å². The Morgan fingerprint density at radius 2 is 2.00 bits per heavy atom. The highest BCUT2D eigenvalue weighted by Crippen LogP contribution is 2.21. The minimum Gasteiger partial charge on any atom is -0.497 e. The van der Waals surface area contributed by atoms with E-state index in [-0.39, 0.29) is 12.2 Å². The summed E-state index contributed by atoms with van der Waals surface area (Å²) in [6.07, 6.45) is 0.102. The highest BCUT2D eigenvalue weighted by atomic mass is 35.5. The first-order valence-corrected chi connectivity index (χ1v) is 10.9. The summed E-state index contributed by atoms with van der Waals surface area (Å²) >= 11 is 5.99. The van der Waals surface area contributed by atoms with Gasteiger partial charge < -0.3 is 19.4 Å². The van der Waals surface area contributed by atoms with Gasteiger partial charge in [-0.2, -0.15) is 0 Å². The number of oxime groups is 1. The van der Waals surface area contributed by atoms with Crippen LogP contribution in [0.15, 0.2) is 53.7 Å². The monoisotopic (exact) mass is 446 g/mol. The van der Waals surface area contributed by atoms with Crippen LogP contribution in [-0.4, -0.2) is 60.8 Å². The molecule has 2 atom stereocenters. The van der Waals surface area contributed by atoms with E-state index in [1.54, 1.807) is 7.11 Å². The molecule has 1 N–H and O–H groups in total. The van der Waals surface area contributed by atoms with E-state index in [1.807, 2.05) is 56.3 Å². The molecule has 0 spiro atoms. The third-order valence-electron chi connectivity index (χ3n) is 5.00. The number of nitrogens with zero attached hydrogens (tertiary/aromatic N) is 2. The molecular formula is C24H31ClN2O4. The van der Waals surface area contributed by atoms with Gasteiger partial charge in [0, 0.05) is 31.1 Å². The Kier molecular flexibility index (Phi) is 8.72. The molecule has 0 saturated heterocycles. The molecule has 1 aliphatic rings. The molecule has 0 aromatic heterocycles. The van der Waals surface area contributed by atoms with E-state index >= 15 is 0 Å². The number of hydrogen-bond acceptors (Lipinski definition) is 6. The minimum absolute atomic E-state index is 0.0787. The Morgan fingerprint density at radius 1 is 1.23 bits per heavy atom. The molecule has 0 bridgehead atoms. The van der Waals surface area contributed by atoms with Crippen LogP contribution in [0.3, 0.4) is 0 Å². The zero-order chi connectivity index (χ0) is 22.2. The van der Waals surface area contributed by atoms with Gasteiger partial charge in [0.1, 0.15) is 11.9 Å². The van der Waals surface area contributed by atoms with Crippen molar-refractivity contribution in [2.45, 2.75) is 45.1 Å². The summed E-state index contributed by atoms with van der Waals surface area (Å²) in [6, 6.07) is 15.6. The van der Waals surface area contributed by atoms with Gasteiger partial charge in [0.15, 0.2) is 0 Å². The summed E-state index contributed by atoms with van der Waals surface area (Å²) in [5, 5.41) is 15.5. The first kappa shape index (κ1) is 23.5. The van der Waals surface area contributed by atoms with Gasteiger partial charge in [0.25, 0.3) is 0 Å². The van der Waals surface area contributed by atoms with E-state index in [2.05, 4.69) is 16.1 Å². The number of halogens is 1. The van der Waals surface area contributed by atoms with Crippen LogP contribution in [0.1, 0.15) is 31.4 Å². The molecule has 0 fully saturated rings. The summed E-state index contributed by atoms with van der Waals surface area (Å²) < 4.78 is 10.9. The summed E-state index contributed by atoms with van der Waals surface area (Å²) in [4.78, 5) is 7.89. The quantitative estimate of drug-likeness (QED) is 0.562. The van der Waals surface area contributed by atoms with E-state index in [9.17, 15) is 5.11 Å². The fourth-order valence-corrected chi connectivity index (χ4v) is 3.64. The standard InChI is InChI=1S/C24H31ClN2O4/c1-17(2)30-16-21(28)14-27(13-18-5-4-6-22(11-18)29-3)15-23-12-24(26-31-23)19-7-9-20(25)10-8-19/h4-11,17,21,23,28H,12-16H2,1-3H3/t21-,23-/m1/s1. The van der Waals surface area contributed by atoms with Gasteiger partial charge in [-0.25, -0.2) is 0 Å². The van der Waals surface area contributed by atoms with Gasteiger partial charge in [-0.15, -0.1) is 0 Å². The highest BCUT2D eigenvalue weighted by Gasteiger charge is 2.26. The van der Waals surface area contributed by atoms with Crippen LogP contribution in [0.2, 0.25) is 5.02 Å². The van der Waals surface area contributed by atoms with Crippen molar-refractivity contribution < 1.29 is 19.4 Å². The highest BCUT2D eigenvalue weighted by molar-refractivity contribution is 6.30. The number of ether oxygens (including phenoxy) is 2. The summed E-state index contributed by atoms with van der Waals surface area (Å²) in [7, 11) is 1.66. The molecule has 1 aliphatic heterocycles. The van der Waals surface area contributed by atoms with Gasteiger partial charge in [0.2, 0.25) is 0 Å². The van der Waals surface area contributed by atoms with Crippen molar-refractivity contribution >= 4 is 17.3 Å². The van der Waals surface area contributed by atoms with Crippen LogP contribution >= 0.6 is 11.6 Å². The Labute approximate surface area is 189 Å². The lowest BCUT2D eigenvalue weighted by Crippen LogP contribution is -2.39. The van der Waals surface area contributed by atoms with E-state index in [0.717, 1.165) is 22.6 Å². The molecule has 1 heterocycles. The molecule has 2 aromatic carbocycles. The maximum Gasteiger partial charge on any atom is 0.145 e. The fourth-order valence-electron chi connectivity index (χ4n) is 3.51. The summed E-state index contributed by atoms with van der Waals surface area (Å²) in [6.45, 7) is 5.98. The molecular weight excluding hydrogens is 416 g/mol. The Balaban J connectivity index is 1.63. The Bertz CT molecular complexity index is 857. The summed E-state index contributed by atoms with van der Waals surface area (Å²) in [5.41, 5.74) is 3.02. The number of hydrogen-bond donors (Lipinski definition) is 1. The van der Waals surface area contributed by atoms with Gasteiger partial charge in [0.05, 0.1) is 31.6 Å². The van der Waals surface area contributed by atoms with Gasteiger partial charge in [-0.1, -0.05) is 41.0 Å². The number of rotatable bonds is 11. The van der Waals surface area contributed by atoms with Crippen molar-refractivity contribution in [1.82, 2.24) is 4.90 Å². The molecule has 2 aromatic rings. The van der Waals surface area contributed by atoms with Crippen LogP contribution in [0.4, 0.5) is 0 Å². The van der Waals surface area contributed by atoms with Crippen molar-refractivity contribution in [2.24, 2.45) is 5.16 Å². The third kappa shape index (κ3) is 7.51. The number of aliphatic hydroxyl groups excluding tert-OH is 1. The van der Waals surface area contributed by atoms with Crippen LogP contribution in [0.25, 0.3) is 0 Å². The second kappa shape index (κ2) is 11.5. The molecule has 7 heteroatoms. The zero-order valence-corrected chi connectivity index (χ0v) is 19.1. The second-order valence-corrected chi connectivity index (χ2v) is 8.49. The lowest BCUT2D eigenvalue weighted by atomic mass is 10.0. The summed E-state index contributed by atoms with van der Waals surface area (Å²) in [5.74, 6) is 0.812. The SMILES string of the molecule is COc1cccc(CN(C[C@@H](O)COC(C)C)C[C@H]2CC(c3ccc(Cl)cc3)=NO2)c1. The molecule has 0 amide bonds. The van der Waals surface area contributed by atoms with E-state index in [0.29, 0.717) is 37.7 Å². The molecule has 31 heavy (non-hydrogen) atoms. The average molecular weight is 447 g/mol. The molecule has 0 aliphatic carbocycles. The minimum atomic E-state index is -0.592. The molecule has 0 radical (unpaired) electrons. The predicted octanol–water partition coefficient (Wildman–Crippen LogP) is 4.13. The van der Waals surface area contributed by atoms with Crippen molar-refractivity contribution in [1.29, 1.82) is 0 Å².